The standard InChI is InChI=1S/C20H32BNO4/c1-15(14-24-6)18(23)22-17(13-12-16-10-8-7-9-11-16)21-25-19(2,3)20(4,5)26-21/h7-11,15,17H,12-14H2,1-6H3,(H,22,23)/t15-,17+/m1/s1. The Kier molecular flexibility index (Phi) is 6.89. The van der Waals surface area contributed by atoms with Gasteiger partial charge in [0.2, 0.25) is 5.91 Å². The number of hydrogen-bond donors (Lipinski definition) is 1. The Morgan fingerprint density at radius 1 is 1.15 bits per heavy atom. The van der Waals surface area contributed by atoms with E-state index in [1.807, 2.05) is 52.8 Å². The fourth-order valence-corrected chi connectivity index (χ4v) is 2.95. The monoisotopic (exact) mass is 361 g/mol. The third-order valence-corrected chi connectivity index (χ3v) is 5.38. The summed E-state index contributed by atoms with van der Waals surface area (Å²) >= 11 is 0. The molecular formula is C20H32BNO4. The van der Waals surface area contributed by atoms with Crippen LogP contribution in [0.3, 0.4) is 0 Å². The molecule has 0 bridgehead atoms. The van der Waals surface area contributed by atoms with Crippen LogP contribution in [0.1, 0.15) is 46.6 Å². The van der Waals surface area contributed by atoms with Crippen molar-refractivity contribution in [1.82, 2.24) is 5.32 Å². The number of ether oxygens (including phenoxy) is 1. The van der Waals surface area contributed by atoms with Gasteiger partial charge < -0.3 is 19.4 Å². The molecule has 2 rings (SSSR count). The molecule has 1 fully saturated rings. The number of aryl methyl sites for hydroxylation is 1. The van der Waals surface area contributed by atoms with Gasteiger partial charge in [-0.3, -0.25) is 4.79 Å². The summed E-state index contributed by atoms with van der Waals surface area (Å²) < 4.78 is 17.5. The second kappa shape index (κ2) is 8.55. The summed E-state index contributed by atoms with van der Waals surface area (Å²) in [6.45, 7) is 10.3. The molecular weight excluding hydrogens is 329 g/mol. The van der Waals surface area contributed by atoms with E-state index in [4.69, 9.17) is 14.0 Å². The Morgan fingerprint density at radius 3 is 2.27 bits per heavy atom. The molecule has 0 radical (unpaired) electrons. The minimum absolute atomic E-state index is 0.0420. The smallest absolute Gasteiger partial charge is 0.402 e. The number of carbonyl (C=O) groups excluding carboxylic acids is 1. The van der Waals surface area contributed by atoms with Gasteiger partial charge in [0, 0.05) is 7.11 Å². The van der Waals surface area contributed by atoms with Crippen LogP contribution in [0.25, 0.3) is 0 Å². The van der Waals surface area contributed by atoms with E-state index >= 15 is 0 Å². The van der Waals surface area contributed by atoms with Gasteiger partial charge in [0.25, 0.3) is 0 Å². The lowest BCUT2D eigenvalue weighted by atomic mass is 9.75. The summed E-state index contributed by atoms with van der Waals surface area (Å²) in [6, 6.07) is 10.2. The molecule has 144 valence electrons. The Labute approximate surface area is 157 Å². The molecule has 1 heterocycles. The van der Waals surface area contributed by atoms with Crippen molar-refractivity contribution in [1.29, 1.82) is 0 Å². The molecule has 1 aliphatic rings. The van der Waals surface area contributed by atoms with E-state index in [1.54, 1.807) is 7.11 Å². The van der Waals surface area contributed by atoms with E-state index in [1.165, 1.54) is 5.56 Å². The average molecular weight is 361 g/mol. The fourth-order valence-electron chi connectivity index (χ4n) is 2.95. The van der Waals surface area contributed by atoms with Gasteiger partial charge in [-0.15, -0.1) is 0 Å². The molecule has 1 aliphatic heterocycles. The molecule has 6 heteroatoms. The minimum Gasteiger partial charge on any atom is -0.402 e. The quantitative estimate of drug-likeness (QED) is 0.724. The molecule has 0 unspecified atom stereocenters. The first kappa shape index (κ1) is 20.9. The average Bonchev–Trinajstić information content (AvgIpc) is 2.80. The Hall–Kier alpha value is -1.37. The maximum atomic E-state index is 12.5. The van der Waals surface area contributed by atoms with Gasteiger partial charge in [0.15, 0.2) is 0 Å². The van der Waals surface area contributed by atoms with Crippen molar-refractivity contribution < 1.29 is 18.8 Å². The molecule has 0 aliphatic carbocycles. The van der Waals surface area contributed by atoms with Gasteiger partial charge in [-0.1, -0.05) is 37.3 Å². The highest BCUT2D eigenvalue weighted by Gasteiger charge is 2.54. The molecule has 2 atom stereocenters. The number of rotatable bonds is 8. The lowest BCUT2D eigenvalue weighted by Gasteiger charge is -2.32. The van der Waals surface area contributed by atoms with Crippen LogP contribution in [0.15, 0.2) is 30.3 Å². The summed E-state index contributed by atoms with van der Waals surface area (Å²) in [5.41, 5.74) is 0.380. The zero-order valence-corrected chi connectivity index (χ0v) is 16.9. The summed E-state index contributed by atoms with van der Waals surface area (Å²) in [5, 5.41) is 3.12. The summed E-state index contributed by atoms with van der Waals surface area (Å²) in [4.78, 5) is 12.5. The van der Waals surface area contributed by atoms with E-state index in [2.05, 4.69) is 17.4 Å². The SMILES string of the molecule is COC[C@@H](C)C(=O)N[C@@H](CCc1ccccc1)B1OC(C)(C)C(C)(C)O1. The van der Waals surface area contributed by atoms with Gasteiger partial charge >= 0.3 is 7.12 Å². The van der Waals surface area contributed by atoms with Crippen LogP contribution in [-0.2, 0) is 25.3 Å². The summed E-state index contributed by atoms with van der Waals surface area (Å²) in [5.74, 6) is -0.482. The van der Waals surface area contributed by atoms with Crippen molar-refractivity contribution in [2.75, 3.05) is 13.7 Å². The van der Waals surface area contributed by atoms with Crippen molar-refractivity contribution >= 4 is 13.0 Å². The number of carbonyl (C=O) groups is 1. The minimum atomic E-state index is -0.470. The van der Waals surface area contributed by atoms with Gasteiger partial charge in [0.05, 0.1) is 29.7 Å². The second-order valence-corrected chi connectivity index (χ2v) is 8.12. The topological polar surface area (TPSA) is 56.8 Å². The van der Waals surface area contributed by atoms with Crippen LogP contribution < -0.4 is 5.32 Å². The van der Waals surface area contributed by atoms with E-state index in [0.29, 0.717) is 6.61 Å². The van der Waals surface area contributed by atoms with Crippen LogP contribution in [-0.4, -0.2) is 43.9 Å². The Bertz CT molecular complexity index is 575. The largest absolute Gasteiger partial charge is 0.481 e. The van der Waals surface area contributed by atoms with Crippen molar-refractivity contribution in [3.05, 3.63) is 35.9 Å². The van der Waals surface area contributed by atoms with E-state index in [0.717, 1.165) is 12.8 Å². The highest BCUT2D eigenvalue weighted by atomic mass is 16.7. The van der Waals surface area contributed by atoms with Crippen LogP contribution in [0.2, 0.25) is 0 Å². The predicted octanol–water partition coefficient (Wildman–Crippen LogP) is 3.02. The fraction of sp³-hybridized carbons (Fsp3) is 0.650. The molecule has 1 aromatic rings. The van der Waals surface area contributed by atoms with Crippen molar-refractivity contribution in [2.45, 2.75) is 64.6 Å². The number of methoxy groups -OCH3 is 1. The zero-order valence-electron chi connectivity index (χ0n) is 16.9. The summed E-state index contributed by atoms with van der Waals surface area (Å²) in [6.07, 6.45) is 1.58. The third kappa shape index (κ3) is 5.09. The second-order valence-electron chi connectivity index (χ2n) is 8.12. The summed E-state index contributed by atoms with van der Waals surface area (Å²) in [7, 11) is 1.13. The number of hydrogen-bond acceptors (Lipinski definition) is 4. The lowest BCUT2D eigenvalue weighted by Crippen LogP contribution is -2.50. The maximum absolute atomic E-state index is 12.5. The molecule has 0 spiro atoms. The van der Waals surface area contributed by atoms with Gasteiger partial charge in [-0.25, -0.2) is 0 Å². The Morgan fingerprint density at radius 2 is 1.73 bits per heavy atom. The first-order chi connectivity index (χ1) is 12.2. The van der Waals surface area contributed by atoms with Gasteiger partial charge in [-0.2, -0.15) is 0 Å². The molecule has 0 aromatic heterocycles. The molecule has 1 amide bonds. The molecule has 26 heavy (non-hydrogen) atoms. The van der Waals surface area contributed by atoms with Crippen LogP contribution in [0.4, 0.5) is 0 Å². The Balaban J connectivity index is 2.09. The lowest BCUT2D eigenvalue weighted by molar-refractivity contribution is -0.126. The van der Waals surface area contributed by atoms with Crippen LogP contribution in [0.5, 0.6) is 0 Å². The first-order valence-electron chi connectivity index (χ1n) is 9.35. The van der Waals surface area contributed by atoms with Crippen LogP contribution in [0, 0.1) is 5.92 Å². The van der Waals surface area contributed by atoms with Crippen molar-refractivity contribution in [3.63, 3.8) is 0 Å². The maximum Gasteiger partial charge on any atom is 0.481 e. The zero-order chi connectivity index (χ0) is 19.4. The molecule has 0 saturated carbocycles. The highest BCUT2D eigenvalue weighted by Crippen LogP contribution is 2.38. The molecule has 1 aromatic carbocycles. The van der Waals surface area contributed by atoms with E-state index in [-0.39, 0.29) is 17.8 Å². The molecule has 1 N–H and O–H groups in total. The number of benzene rings is 1. The van der Waals surface area contributed by atoms with Crippen molar-refractivity contribution in [3.8, 4) is 0 Å². The third-order valence-electron chi connectivity index (χ3n) is 5.38. The van der Waals surface area contributed by atoms with Gasteiger partial charge in [0.1, 0.15) is 0 Å². The highest BCUT2D eigenvalue weighted by molar-refractivity contribution is 6.48. The van der Waals surface area contributed by atoms with Gasteiger partial charge in [-0.05, 0) is 46.1 Å². The first-order valence-corrected chi connectivity index (χ1v) is 9.35. The van der Waals surface area contributed by atoms with E-state index in [9.17, 15) is 4.79 Å². The number of amides is 1. The molecule has 5 nitrogen and oxygen atoms in total. The predicted molar refractivity (Wildman–Crippen MR) is 104 cm³/mol. The number of nitrogens with one attached hydrogen (secondary N) is 1. The molecule has 1 saturated heterocycles. The van der Waals surface area contributed by atoms with Crippen LogP contribution >= 0.6 is 0 Å². The van der Waals surface area contributed by atoms with Crippen molar-refractivity contribution in [2.24, 2.45) is 5.92 Å². The normalized spacial score (nSPS) is 20.6. The van der Waals surface area contributed by atoms with E-state index < -0.39 is 18.3 Å².